The Morgan fingerprint density at radius 2 is 1.60 bits per heavy atom. The summed E-state index contributed by atoms with van der Waals surface area (Å²) in [5, 5.41) is 35.6. The maximum absolute atomic E-state index is 15.0. The van der Waals surface area contributed by atoms with Crippen LogP contribution >= 0.6 is 0 Å². The molecular weight excluding hydrogens is 628 g/mol. The topological polar surface area (TPSA) is 187 Å². The Morgan fingerprint density at radius 1 is 0.958 bits per heavy atom. The molecule has 0 amide bonds. The number of carboxylic acids is 2. The van der Waals surface area contributed by atoms with Gasteiger partial charge in [-0.25, -0.2) is 38.3 Å². The van der Waals surface area contributed by atoms with Gasteiger partial charge in [0.1, 0.15) is 22.9 Å². The number of aromatic nitrogens is 5. The summed E-state index contributed by atoms with van der Waals surface area (Å²) in [5.41, 5.74) is 2.41. The second-order valence-corrected chi connectivity index (χ2v) is 12.1. The molecule has 3 atom stereocenters. The lowest BCUT2D eigenvalue weighted by Crippen LogP contribution is -2.39. The number of aliphatic hydroxyl groups is 2. The number of fused-ring (bicyclic) bond motifs is 1. The molecule has 1 saturated heterocycles. The quantitative estimate of drug-likeness (QED) is 0.159. The van der Waals surface area contributed by atoms with Crippen molar-refractivity contribution >= 4 is 34.7 Å². The van der Waals surface area contributed by atoms with Crippen molar-refractivity contribution in [2.24, 2.45) is 5.92 Å². The first-order chi connectivity index (χ1) is 22.7. The Bertz CT molecular complexity index is 1720. The van der Waals surface area contributed by atoms with Gasteiger partial charge in [-0.1, -0.05) is 19.9 Å². The Balaban J connectivity index is 0.000000453. The van der Waals surface area contributed by atoms with Crippen LogP contribution in [-0.2, 0) is 9.59 Å². The van der Waals surface area contributed by atoms with Crippen molar-refractivity contribution in [3.05, 3.63) is 59.7 Å². The predicted octanol–water partition coefficient (Wildman–Crippen LogP) is 4.51. The zero-order chi connectivity index (χ0) is 35.3. The fourth-order valence-corrected chi connectivity index (χ4v) is 5.86. The summed E-state index contributed by atoms with van der Waals surface area (Å²) in [6, 6.07) is 7.05. The van der Waals surface area contributed by atoms with Gasteiger partial charge in [-0.05, 0) is 88.8 Å². The SMILES string of the molecule is CCN1CCC(C(C)c2ccc(Nc3ncc(F)c(-c4cc(F)c5nc(C)n(C(C)C)c5c4)n3)nc2)CC1.O=C(O)C(O)C(O)C(=O)O. The van der Waals surface area contributed by atoms with Crippen LogP contribution in [-0.4, -0.2) is 93.6 Å². The van der Waals surface area contributed by atoms with E-state index in [1.54, 1.807) is 6.07 Å². The van der Waals surface area contributed by atoms with Crippen LogP contribution in [0.1, 0.15) is 63.9 Å². The van der Waals surface area contributed by atoms with Gasteiger partial charge in [0, 0.05) is 17.8 Å². The maximum atomic E-state index is 15.0. The van der Waals surface area contributed by atoms with Crippen LogP contribution in [0.25, 0.3) is 22.3 Å². The number of carboxylic acid groups (broad SMARTS) is 2. The van der Waals surface area contributed by atoms with E-state index in [1.807, 2.05) is 37.6 Å². The lowest BCUT2D eigenvalue weighted by atomic mass is 9.82. The van der Waals surface area contributed by atoms with Crippen LogP contribution in [0.5, 0.6) is 0 Å². The van der Waals surface area contributed by atoms with Crippen molar-refractivity contribution in [3.63, 3.8) is 0 Å². The number of nitrogens with zero attached hydrogens (tertiary/aromatic N) is 6. The monoisotopic (exact) mass is 669 g/mol. The molecule has 48 heavy (non-hydrogen) atoms. The average molecular weight is 670 g/mol. The normalized spacial score (nSPS) is 15.9. The van der Waals surface area contributed by atoms with Crippen molar-refractivity contribution in [1.29, 1.82) is 0 Å². The molecule has 4 heterocycles. The van der Waals surface area contributed by atoms with Crippen LogP contribution < -0.4 is 5.32 Å². The second kappa shape index (κ2) is 15.5. The van der Waals surface area contributed by atoms with Crippen molar-refractivity contribution in [3.8, 4) is 11.3 Å². The largest absolute Gasteiger partial charge is 0.479 e. The molecule has 15 heteroatoms. The lowest BCUT2D eigenvalue weighted by molar-refractivity contribution is -0.165. The predicted molar refractivity (Wildman–Crippen MR) is 174 cm³/mol. The molecule has 258 valence electrons. The highest BCUT2D eigenvalue weighted by Gasteiger charge is 2.29. The molecular formula is C33H41F2N7O6. The number of aliphatic hydroxyl groups excluding tert-OH is 2. The molecule has 0 spiro atoms. The van der Waals surface area contributed by atoms with Gasteiger partial charge in [-0.3, -0.25) is 0 Å². The highest BCUT2D eigenvalue weighted by atomic mass is 19.1. The van der Waals surface area contributed by atoms with E-state index >= 15 is 0 Å². The van der Waals surface area contributed by atoms with Crippen molar-refractivity contribution in [1.82, 2.24) is 29.4 Å². The number of halogens is 2. The van der Waals surface area contributed by atoms with Crippen molar-refractivity contribution < 1.29 is 38.8 Å². The Hall–Kier alpha value is -4.60. The maximum Gasteiger partial charge on any atom is 0.335 e. The molecule has 1 aliphatic heterocycles. The van der Waals surface area contributed by atoms with Gasteiger partial charge in [0.25, 0.3) is 0 Å². The summed E-state index contributed by atoms with van der Waals surface area (Å²) >= 11 is 0. The van der Waals surface area contributed by atoms with Crippen LogP contribution in [0.4, 0.5) is 20.5 Å². The number of hydrogen-bond acceptors (Lipinski definition) is 10. The summed E-state index contributed by atoms with van der Waals surface area (Å²) in [5.74, 6) is -2.15. The van der Waals surface area contributed by atoms with Gasteiger partial charge < -0.3 is 35.2 Å². The number of aryl methyl sites for hydroxylation is 1. The summed E-state index contributed by atoms with van der Waals surface area (Å²) in [7, 11) is 0. The van der Waals surface area contributed by atoms with Gasteiger partial charge >= 0.3 is 11.9 Å². The number of hydrogen-bond donors (Lipinski definition) is 5. The Morgan fingerprint density at radius 3 is 2.15 bits per heavy atom. The average Bonchev–Trinajstić information content (AvgIpc) is 3.41. The summed E-state index contributed by atoms with van der Waals surface area (Å²) < 4.78 is 31.7. The first-order valence-corrected chi connectivity index (χ1v) is 15.7. The van der Waals surface area contributed by atoms with E-state index in [9.17, 15) is 18.4 Å². The minimum absolute atomic E-state index is 0.0149. The van der Waals surface area contributed by atoms with Crippen molar-refractivity contribution in [2.75, 3.05) is 25.0 Å². The summed E-state index contributed by atoms with van der Waals surface area (Å²) in [6.45, 7) is 13.7. The Labute approximate surface area is 276 Å². The van der Waals surface area contributed by atoms with Gasteiger partial charge in [0.05, 0.1) is 11.7 Å². The molecule has 0 bridgehead atoms. The number of likely N-dealkylation sites (tertiary alicyclic amines) is 1. The van der Waals surface area contributed by atoms with Crippen molar-refractivity contribution in [2.45, 2.75) is 71.6 Å². The highest BCUT2D eigenvalue weighted by molar-refractivity contribution is 5.83. The number of pyridine rings is 1. The van der Waals surface area contributed by atoms with E-state index in [4.69, 9.17) is 20.4 Å². The third-order valence-electron chi connectivity index (χ3n) is 8.60. The van der Waals surface area contributed by atoms with Crippen LogP contribution in [0, 0.1) is 24.5 Å². The smallest absolute Gasteiger partial charge is 0.335 e. The van der Waals surface area contributed by atoms with E-state index in [0.29, 0.717) is 34.6 Å². The molecule has 4 aromatic rings. The molecule has 3 aromatic heterocycles. The van der Waals surface area contributed by atoms with E-state index in [0.717, 1.165) is 25.8 Å². The molecule has 1 aromatic carbocycles. The molecule has 0 radical (unpaired) electrons. The van der Waals surface area contributed by atoms with Gasteiger partial charge in [-0.15, -0.1) is 0 Å². The van der Waals surface area contributed by atoms with E-state index in [1.165, 1.54) is 24.5 Å². The minimum atomic E-state index is -2.27. The summed E-state index contributed by atoms with van der Waals surface area (Å²) in [4.78, 5) is 39.4. The Kier molecular flexibility index (Phi) is 11.7. The molecule has 1 aliphatic rings. The summed E-state index contributed by atoms with van der Waals surface area (Å²) in [6.07, 6.45) is 0.852. The number of rotatable bonds is 10. The molecule has 5 rings (SSSR count). The molecule has 1 fully saturated rings. The van der Waals surface area contributed by atoms with Crippen LogP contribution in [0.15, 0.2) is 36.7 Å². The number of nitrogens with one attached hydrogen (secondary N) is 1. The number of carbonyl (C=O) groups is 2. The molecule has 5 N–H and O–H groups in total. The standard InChI is InChI=1S/C29H35F2N7.C4H6O6/c1-6-37-11-9-20(10-12-37)18(4)21-7-8-26(32-15-21)35-29-33-16-24(31)27(36-29)22-13-23(30)28-25(14-22)38(17(2)3)19(5)34-28;5-1(3(7)8)2(6)4(9)10/h7-8,13-18,20H,6,9-12H2,1-5H3,(H,32,33,35,36);1-2,5-6H,(H,7,8)(H,9,10). The van der Waals surface area contributed by atoms with Gasteiger partial charge in [0.15, 0.2) is 23.8 Å². The number of imidazole rings is 1. The zero-order valence-electron chi connectivity index (χ0n) is 27.4. The number of anilines is 2. The molecule has 3 unspecified atom stereocenters. The van der Waals surface area contributed by atoms with E-state index in [2.05, 4.69) is 50.1 Å². The van der Waals surface area contributed by atoms with E-state index in [-0.39, 0.29) is 23.2 Å². The molecule has 0 saturated carbocycles. The number of aliphatic carboxylic acids is 2. The highest BCUT2D eigenvalue weighted by Crippen LogP contribution is 2.33. The van der Waals surface area contributed by atoms with E-state index < -0.39 is 35.8 Å². The third-order valence-corrected chi connectivity index (χ3v) is 8.60. The van der Waals surface area contributed by atoms with Gasteiger partial charge in [-0.2, -0.15) is 0 Å². The fraction of sp³-hybridized carbons (Fsp3) is 0.455. The second-order valence-electron chi connectivity index (χ2n) is 12.1. The lowest BCUT2D eigenvalue weighted by Gasteiger charge is -2.34. The van der Waals surface area contributed by atoms with Gasteiger partial charge in [0.2, 0.25) is 5.95 Å². The fourth-order valence-electron chi connectivity index (χ4n) is 5.86. The molecule has 0 aliphatic carbocycles. The first kappa shape index (κ1) is 36.2. The zero-order valence-corrected chi connectivity index (χ0v) is 27.4. The van der Waals surface area contributed by atoms with Crippen LogP contribution in [0.3, 0.4) is 0 Å². The molecule has 13 nitrogen and oxygen atoms in total. The van der Waals surface area contributed by atoms with Crippen LogP contribution in [0.2, 0.25) is 0 Å². The number of piperidine rings is 1. The third kappa shape index (κ3) is 8.27. The number of benzene rings is 1. The first-order valence-electron chi connectivity index (χ1n) is 15.7. The minimum Gasteiger partial charge on any atom is -0.479 e.